The third-order valence-corrected chi connectivity index (χ3v) is 4.25. The van der Waals surface area contributed by atoms with Crippen molar-refractivity contribution in [3.8, 4) is 0 Å². The standard InChI is InChI=1S/C15H34N4S.HI/c1-7-13(8-2)14(19(4)5)12-18-15(16-9-3)17-10-11-20-6;/h13-14H,7-12H2,1-6H3,(H2,16,17,18);1H. The van der Waals surface area contributed by atoms with Crippen molar-refractivity contribution >= 4 is 41.7 Å². The van der Waals surface area contributed by atoms with Crippen LogP contribution in [0.5, 0.6) is 0 Å². The van der Waals surface area contributed by atoms with Gasteiger partial charge >= 0.3 is 0 Å². The molecule has 0 saturated carbocycles. The van der Waals surface area contributed by atoms with Gasteiger partial charge in [0.15, 0.2) is 5.96 Å². The second-order valence-corrected chi connectivity index (χ2v) is 6.23. The smallest absolute Gasteiger partial charge is 0.191 e. The van der Waals surface area contributed by atoms with Gasteiger partial charge in [-0.15, -0.1) is 24.0 Å². The SMILES string of the molecule is CCNC(=NCC(C(CC)CC)N(C)C)NCCSC.I. The lowest BCUT2D eigenvalue weighted by atomic mass is 9.93. The van der Waals surface area contributed by atoms with E-state index in [4.69, 9.17) is 4.99 Å². The number of hydrogen-bond acceptors (Lipinski definition) is 3. The van der Waals surface area contributed by atoms with Crippen LogP contribution in [0.4, 0.5) is 0 Å². The lowest BCUT2D eigenvalue weighted by molar-refractivity contribution is 0.206. The number of likely N-dealkylation sites (N-methyl/N-ethyl adjacent to an activating group) is 1. The number of nitrogens with one attached hydrogen (secondary N) is 2. The Morgan fingerprint density at radius 1 is 1.14 bits per heavy atom. The summed E-state index contributed by atoms with van der Waals surface area (Å²) in [6.07, 6.45) is 4.55. The zero-order valence-corrected chi connectivity index (χ0v) is 17.8. The Morgan fingerprint density at radius 2 is 1.76 bits per heavy atom. The largest absolute Gasteiger partial charge is 0.357 e. The Bertz CT molecular complexity index is 258. The molecule has 0 heterocycles. The van der Waals surface area contributed by atoms with Gasteiger partial charge in [-0.05, 0) is 33.2 Å². The molecule has 0 aromatic rings. The van der Waals surface area contributed by atoms with Gasteiger partial charge in [-0.2, -0.15) is 11.8 Å². The maximum absolute atomic E-state index is 4.77. The highest BCUT2D eigenvalue weighted by Crippen LogP contribution is 2.17. The van der Waals surface area contributed by atoms with E-state index < -0.39 is 0 Å². The van der Waals surface area contributed by atoms with E-state index in [1.807, 2.05) is 11.8 Å². The molecule has 0 aliphatic carbocycles. The molecule has 0 fully saturated rings. The van der Waals surface area contributed by atoms with Crippen molar-refractivity contribution < 1.29 is 0 Å². The minimum Gasteiger partial charge on any atom is -0.357 e. The number of hydrogen-bond donors (Lipinski definition) is 2. The molecule has 0 aliphatic rings. The van der Waals surface area contributed by atoms with Crippen molar-refractivity contribution in [3.63, 3.8) is 0 Å². The Balaban J connectivity index is 0. The quantitative estimate of drug-likeness (QED) is 0.242. The normalized spacial score (nSPS) is 13.2. The third kappa shape index (κ3) is 10.6. The fourth-order valence-corrected chi connectivity index (χ4v) is 2.67. The van der Waals surface area contributed by atoms with Crippen LogP contribution in [-0.4, -0.2) is 62.6 Å². The molecular formula is C15H35IN4S. The molecule has 4 nitrogen and oxygen atoms in total. The fourth-order valence-electron chi connectivity index (χ4n) is 2.36. The minimum absolute atomic E-state index is 0. The minimum atomic E-state index is 0. The van der Waals surface area contributed by atoms with Gasteiger partial charge in [0, 0.05) is 24.9 Å². The molecule has 0 aliphatic heterocycles. The Kier molecular flexibility index (Phi) is 17.1. The summed E-state index contributed by atoms with van der Waals surface area (Å²) >= 11 is 1.85. The molecule has 128 valence electrons. The van der Waals surface area contributed by atoms with Crippen LogP contribution >= 0.6 is 35.7 Å². The first-order chi connectivity index (χ1) is 9.60. The van der Waals surface area contributed by atoms with Gasteiger partial charge in [-0.3, -0.25) is 4.99 Å². The van der Waals surface area contributed by atoms with Gasteiger partial charge in [-0.1, -0.05) is 26.7 Å². The van der Waals surface area contributed by atoms with E-state index in [2.05, 4.69) is 56.7 Å². The van der Waals surface area contributed by atoms with Crippen molar-refractivity contribution in [2.75, 3.05) is 45.7 Å². The fraction of sp³-hybridized carbons (Fsp3) is 0.933. The first kappa shape index (κ1) is 23.6. The molecule has 0 saturated heterocycles. The van der Waals surface area contributed by atoms with Crippen LogP contribution in [-0.2, 0) is 0 Å². The number of thioether (sulfide) groups is 1. The highest BCUT2D eigenvalue weighted by atomic mass is 127. The van der Waals surface area contributed by atoms with Crippen molar-refractivity contribution in [1.29, 1.82) is 0 Å². The zero-order chi connectivity index (χ0) is 15.4. The molecule has 0 spiro atoms. The van der Waals surface area contributed by atoms with E-state index >= 15 is 0 Å². The molecule has 1 atom stereocenters. The number of nitrogens with zero attached hydrogens (tertiary/aromatic N) is 2. The van der Waals surface area contributed by atoms with Crippen LogP contribution in [0.15, 0.2) is 4.99 Å². The summed E-state index contributed by atoms with van der Waals surface area (Å²) in [5.41, 5.74) is 0. The van der Waals surface area contributed by atoms with Crippen LogP contribution < -0.4 is 10.6 Å². The monoisotopic (exact) mass is 430 g/mol. The van der Waals surface area contributed by atoms with E-state index in [-0.39, 0.29) is 24.0 Å². The molecule has 0 radical (unpaired) electrons. The van der Waals surface area contributed by atoms with Crippen molar-refractivity contribution in [3.05, 3.63) is 0 Å². The number of aliphatic imine (C=N–C) groups is 1. The zero-order valence-electron chi connectivity index (χ0n) is 14.6. The number of guanidine groups is 1. The highest BCUT2D eigenvalue weighted by molar-refractivity contribution is 14.0. The predicted octanol–water partition coefficient (Wildman–Crippen LogP) is 2.89. The van der Waals surface area contributed by atoms with E-state index in [0.717, 1.165) is 31.3 Å². The molecule has 2 N–H and O–H groups in total. The Morgan fingerprint density at radius 3 is 2.19 bits per heavy atom. The molecule has 0 aromatic carbocycles. The molecule has 21 heavy (non-hydrogen) atoms. The highest BCUT2D eigenvalue weighted by Gasteiger charge is 2.20. The lowest BCUT2D eigenvalue weighted by Crippen LogP contribution is -2.42. The van der Waals surface area contributed by atoms with Crippen LogP contribution in [0.25, 0.3) is 0 Å². The first-order valence-corrected chi connectivity index (χ1v) is 9.17. The summed E-state index contributed by atoms with van der Waals surface area (Å²) < 4.78 is 0. The summed E-state index contributed by atoms with van der Waals surface area (Å²) in [6.45, 7) is 9.38. The number of halogens is 1. The second-order valence-electron chi connectivity index (χ2n) is 5.25. The maximum atomic E-state index is 4.77. The summed E-state index contributed by atoms with van der Waals surface area (Å²) in [6, 6.07) is 0.515. The Hall–Kier alpha value is 0.310. The van der Waals surface area contributed by atoms with Gasteiger partial charge in [0.05, 0.1) is 6.54 Å². The van der Waals surface area contributed by atoms with Crippen molar-refractivity contribution in [2.24, 2.45) is 10.9 Å². The van der Waals surface area contributed by atoms with Crippen LogP contribution in [0.1, 0.15) is 33.6 Å². The van der Waals surface area contributed by atoms with Crippen LogP contribution in [0, 0.1) is 5.92 Å². The average molecular weight is 430 g/mol. The molecule has 0 amide bonds. The molecule has 1 unspecified atom stereocenters. The van der Waals surface area contributed by atoms with Gasteiger partial charge in [-0.25, -0.2) is 0 Å². The van der Waals surface area contributed by atoms with E-state index in [0.29, 0.717) is 12.0 Å². The summed E-state index contributed by atoms with van der Waals surface area (Å²) in [5.74, 6) is 2.76. The van der Waals surface area contributed by atoms with E-state index in [1.165, 1.54) is 12.8 Å². The predicted molar refractivity (Wildman–Crippen MR) is 109 cm³/mol. The van der Waals surface area contributed by atoms with Crippen LogP contribution in [0.3, 0.4) is 0 Å². The van der Waals surface area contributed by atoms with Crippen LogP contribution in [0.2, 0.25) is 0 Å². The molecule has 6 heteroatoms. The average Bonchev–Trinajstić information content (AvgIpc) is 2.43. The van der Waals surface area contributed by atoms with Crippen molar-refractivity contribution in [1.82, 2.24) is 15.5 Å². The summed E-state index contributed by atoms with van der Waals surface area (Å²) in [4.78, 5) is 7.08. The van der Waals surface area contributed by atoms with Gasteiger partial charge in [0.25, 0.3) is 0 Å². The molecular weight excluding hydrogens is 395 g/mol. The van der Waals surface area contributed by atoms with Crippen molar-refractivity contribution in [2.45, 2.75) is 39.7 Å². The Labute approximate surface area is 153 Å². The molecule has 0 bridgehead atoms. The van der Waals surface area contributed by atoms with E-state index in [1.54, 1.807) is 0 Å². The van der Waals surface area contributed by atoms with Gasteiger partial charge in [0.1, 0.15) is 0 Å². The lowest BCUT2D eigenvalue weighted by Gasteiger charge is -2.30. The third-order valence-electron chi connectivity index (χ3n) is 3.64. The second kappa shape index (κ2) is 15.2. The summed E-state index contributed by atoms with van der Waals surface area (Å²) in [5, 5.41) is 6.71. The molecule has 0 rings (SSSR count). The molecule has 0 aromatic heterocycles. The topological polar surface area (TPSA) is 39.7 Å². The summed E-state index contributed by atoms with van der Waals surface area (Å²) in [7, 11) is 4.32. The first-order valence-electron chi connectivity index (χ1n) is 7.78. The number of rotatable bonds is 10. The van der Waals surface area contributed by atoms with Gasteiger partial charge < -0.3 is 15.5 Å². The van der Waals surface area contributed by atoms with E-state index in [9.17, 15) is 0 Å². The van der Waals surface area contributed by atoms with Gasteiger partial charge in [0.2, 0.25) is 0 Å². The maximum Gasteiger partial charge on any atom is 0.191 e.